The predicted octanol–water partition coefficient (Wildman–Crippen LogP) is 4.40. The lowest BCUT2D eigenvalue weighted by Crippen LogP contribution is -2.00. The van der Waals surface area contributed by atoms with E-state index in [-0.39, 0.29) is 0 Å². The van der Waals surface area contributed by atoms with Gasteiger partial charge in [-0.1, -0.05) is 18.2 Å². The first-order chi connectivity index (χ1) is 9.20. The Kier molecular flexibility index (Phi) is 4.93. The maximum atomic E-state index is 11.1. The molecule has 98 valence electrons. The minimum absolute atomic E-state index is 0.385. The third-order valence-electron chi connectivity index (χ3n) is 2.70. The van der Waals surface area contributed by atoms with Crippen LogP contribution in [0.4, 0.5) is 0 Å². The molecule has 0 aliphatic heterocycles. The summed E-state index contributed by atoms with van der Waals surface area (Å²) in [5.41, 5.74) is 1.24. The molecular formula is C15H14O2S2. The Morgan fingerprint density at radius 2 is 1.68 bits per heavy atom. The van der Waals surface area contributed by atoms with Gasteiger partial charge in [0.15, 0.2) is 0 Å². The van der Waals surface area contributed by atoms with Crippen LogP contribution in [0.15, 0.2) is 58.3 Å². The zero-order chi connectivity index (χ0) is 13.7. The zero-order valence-electron chi connectivity index (χ0n) is 10.5. The van der Waals surface area contributed by atoms with Gasteiger partial charge in [-0.2, -0.15) is 0 Å². The van der Waals surface area contributed by atoms with Gasteiger partial charge in [-0.25, -0.2) is 4.79 Å². The van der Waals surface area contributed by atoms with Crippen molar-refractivity contribution >= 4 is 29.5 Å². The first-order valence-corrected chi connectivity index (χ1v) is 8.00. The smallest absolute Gasteiger partial charge is 0.335 e. The van der Waals surface area contributed by atoms with Crippen LogP contribution in [0, 0.1) is 0 Å². The summed E-state index contributed by atoms with van der Waals surface area (Å²) in [7, 11) is 0. The molecule has 0 amide bonds. The molecule has 19 heavy (non-hydrogen) atoms. The van der Waals surface area contributed by atoms with E-state index in [1.54, 1.807) is 35.7 Å². The highest BCUT2D eigenvalue weighted by Gasteiger charge is 2.08. The normalized spacial score (nSPS) is 10.4. The predicted molar refractivity (Wildman–Crippen MR) is 81.2 cm³/mol. The van der Waals surface area contributed by atoms with E-state index in [1.165, 1.54) is 4.90 Å². The molecule has 1 N–H and O–H groups in total. The van der Waals surface area contributed by atoms with Crippen molar-refractivity contribution in [3.05, 3.63) is 59.7 Å². The molecule has 0 fully saturated rings. The van der Waals surface area contributed by atoms with Crippen molar-refractivity contribution in [2.24, 2.45) is 0 Å². The minimum atomic E-state index is -0.867. The van der Waals surface area contributed by atoms with Gasteiger partial charge in [0, 0.05) is 15.5 Å². The number of aromatic carboxylic acids is 1. The largest absolute Gasteiger partial charge is 0.478 e. The summed E-state index contributed by atoms with van der Waals surface area (Å²) in [5.74, 6) is -0.199. The number of hydrogen-bond acceptors (Lipinski definition) is 3. The van der Waals surface area contributed by atoms with Crippen molar-refractivity contribution in [1.29, 1.82) is 0 Å². The number of rotatable bonds is 5. The zero-order valence-corrected chi connectivity index (χ0v) is 12.1. The van der Waals surface area contributed by atoms with E-state index >= 15 is 0 Å². The Labute approximate surface area is 121 Å². The summed E-state index contributed by atoms with van der Waals surface area (Å²) < 4.78 is 0. The average Bonchev–Trinajstić information content (AvgIpc) is 2.46. The summed E-state index contributed by atoms with van der Waals surface area (Å²) in [5, 5.41) is 9.12. The molecule has 0 spiro atoms. The van der Waals surface area contributed by atoms with E-state index in [1.807, 2.05) is 18.4 Å². The molecule has 0 unspecified atom stereocenters. The Hall–Kier alpha value is -1.39. The van der Waals surface area contributed by atoms with Crippen molar-refractivity contribution in [2.45, 2.75) is 15.5 Å². The maximum absolute atomic E-state index is 11.1. The molecule has 0 aliphatic rings. The Morgan fingerprint density at radius 3 is 2.32 bits per heavy atom. The van der Waals surface area contributed by atoms with Gasteiger partial charge in [0.2, 0.25) is 0 Å². The maximum Gasteiger partial charge on any atom is 0.335 e. The van der Waals surface area contributed by atoms with Crippen LogP contribution in [0.5, 0.6) is 0 Å². The highest BCUT2D eigenvalue weighted by Crippen LogP contribution is 2.26. The molecule has 2 aromatic carbocycles. The highest BCUT2D eigenvalue weighted by atomic mass is 32.2. The first kappa shape index (κ1) is 14.0. The quantitative estimate of drug-likeness (QED) is 0.828. The standard InChI is InChI=1S/C15H14O2S2/c1-18-12-6-8-13(9-7-12)19-10-11-4-2-3-5-14(11)15(16)17/h2-9H,10H2,1H3,(H,16,17). The van der Waals surface area contributed by atoms with Gasteiger partial charge in [0.05, 0.1) is 5.56 Å². The summed E-state index contributed by atoms with van der Waals surface area (Å²) in [6.07, 6.45) is 2.05. The van der Waals surface area contributed by atoms with E-state index in [0.717, 1.165) is 10.5 Å². The fourth-order valence-corrected chi connectivity index (χ4v) is 3.00. The third-order valence-corrected chi connectivity index (χ3v) is 4.51. The highest BCUT2D eigenvalue weighted by molar-refractivity contribution is 7.99. The molecule has 0 saturated heterocycles. The molecule has 2 nitrogen and oxygen atoms in total. The van der Waals surface area contributed by atoms with Crippen LogP contribution in [0.25, 0.3) is 0 Å². The summed E-state index contributed by atoms with van der Waals surface area (Å²) in [6, 6.07) is 15.4. The van der Waals surface area contributed by atoms with E-state index in [4.69, 9.17) is 5.11 Å². The Bertz CT molecular complexity index is 565. The SMILES string of the molecule is CSc1ccc(SCc2ccccc2C(=O)O)cc1. The lowest BCUT2D eigenvalue weighted by molar-refractivity contribution is 0.0696. The number of carbonyl (C=O) groups is 1. The number of carboxylic acids is 1. The number of thioether (sulfide) groups is 2. The number of hydrogen-bond donors (Lipinski definition) is 1. The molecule has 0 heterocycles. The van der Waals surface area contributed by atoms with Crippen LogP contribution < -0.4 is 0 Å². The van der Waals surface area contributed by atoms with Crippen molar-refractivity contribution in [1.82, 2.24) is 0 Å². The molecular weight excluding hydrogens is 276 g/mol. The Balaban J connectivity index is 2.07. The van der Waals surface area contributed by atoms with Crippen LogP contribution in [-0.2, 0) is 5.75 Å². The lowest BCUT2D eigenvalue weighted by Gasteiger charge is -2.06. The minimum Gasteiger partial charge on any atom is -0.478 e. The van der Waals surface area contributed by atoms with Crippen molar-refractivity contribution in [2.75, 3.05) is 6.26 Å². The first-order valence-electron chi connectivity index (χ1n) is 5.79. The number of benzene rings is 2. The van der Waals surface area contributed by atoms with Gasteiger partial charge in [0.1, 0.15) is 0 Å². The third kappa shape index (κ3) is 3.78. The topological polar surface area (TPSA) is 37.3 Å². The van der Waals surface area contributed by atoms with Crippen LogP contribution >= 0.6 is 23.5 Å². The van der Waals surface area contributed by atoms with E-state index in [2.05, 4.69) is 24.3 Å². The van der Waals surface area contributed by atoms with Crippen LogP contribution in [0.3, 0.4) is 0 Å². The van der Waals surface area contributed by atoms with Gasteiger partial charge < -0.3 is 5.11 Å². The van der Waals surface area contributed by atoms with Gasteiger partial charge >= 0.3 is 5.97 Å². The summed E-state index contributed by atoms with van der Waals surface area (Å²) >= 11 is 3.36. The fraction of sp³-hybridized carbons (Fsp3) is 0.133. The van der Waals surface area contributed by atoms with Crippen LogP contribution in [0.2, 0.25) is 0 Å². The van der Waals surface area contributed by atoms with Crippen molar-refractivity contribution in [3.8, 4) is 0 Å². The molecule has 2 rings (SSSR count). The van der Waals surface area contributed by atoms with E-state index in [0.29, 0.717) is 11.3 Å². The molecule has 0 atom stereocenters. The van der Waals surface area contributed by atoms with Crippen LogP contribution in [-0.4, -0.2) is 17.3 Å². The molecule has 2 aromatic rings. The Morgan fingerprint density at radius 1 is 1.05 bits per heavy atom. The second kappa shape index (κ2) is 6.68. The summed E-state index contributed by atoms with van der Waals surface area (Å²) in [4.78, 5) is 13.5. The van der Waals surface area contributed by atoms with Crippen LogP contribution in [0.1, 0.15) is 15.9 Å². The van der Waals surface area contributed by atoms with Crippen molar-refractivity contribution < 1.29 is 9.90 Å². The second-order valence-corrected chi connectivity index (χ2v) is 5.85. The van der Waals surface area contributed by atoms with Gasteiger partial charge in [0.25, 0.3) is 0 Å². The molecule has 0 saturated carbocycles. The molecule has 0 aromatic heterocycles. The number of carboxylic acid groups (broad SMARTS) is 1. The molecule has 0 bridgehead atoms. The van der Waals surface area contributed by atoms with Gasteiger partial charge in [-0.05, 0) is 42.2 Å². The van der Waals surface area contributed by atoms with Crippen molar-refractivity contribution in [3.63, 3.8) is 0 Å². The monoisotopic (exact) mass is 290 g/mol. The van der Waals surface area contributed by atoms with Gasteiger partial charge in [-0.15, -0.1) is 23.5 Å². The molecule has 0 radical (unpaired) electrons. The van der Waals surface area contributed by atoms with Gasteiger partial charge in [-0.3, -0.25) is 0 Å². The molecule has 4 heteroatoms. The average molecular weight is 290 g/mol. The lowest BCUT2D eigenvalue weighted by atomic mass is 10.1. The van der Waals surface area contributed by atoms with E-state index in [9.17, 15) is 4.79 Å². The fourth-order valence-electron chi connectivity index (χ4n) is 1.69. The molecule has 0 aliphatic carbocycles. The summed E-state index contributed by atoms with van der Waals surface area (Å²) in [6.45, 7) is 0. The second-order valence-electron chi connectivity index (χ2n) is 3.93. The van der Waals surface area contributed by atoms with E-state index < -0.39 is 5.97 Å².